The summed E-state index contributed by atoms with van der Waals surface area (Å²) >= 11 is 0. The van der Waals surface area contributed by atoms with Crippen molar-refractivity contribution in [2.45, 2.75) is 13.5 Å². The highest BCUT2D eigenvalue weighted by molar-refractivity contribution is 5.46. The predicted octanol–water partition coefficient (Wildman–Crippen LogP) is 2.94. The zero-order valence-corrected chi connectivity index (χ0v) is 13.0. The van der Waals surface area contributed by atoms with Gasteiger partial charge >= 0.3 is 0 Å². The van der Waals surface area contributed by atoms with Gasteiger partial charge in [-0.2, -0.15) is 0 Å². The number of nitrogens with zero attached hydrogens (tertiary/aromatic N) is 2. The Morgan fingerprint density at radius 1 is 1.10 bits per heavy atom. The number of anilines is 1. The van der Waals surface area contributed by atoms with Crippen LogP contribution in [-0.2, 0) is 6.54 Å². The lowest BCUT2D eigenvalue weighted by Crippen LogP contribution is -2.19. The summed E-state index contributed by atoms with van der Waals surface area (Å²) in [4.78, 5) is 6.39. The fourth-order valence-corrected chi connectivity index (χ4v) is 1.82. The molecule has 0 atom stereocenters. The second-order valence-corrected chi connectivity index (χ2v) is 5.34. The van der Waals surface area contributed by atoms with E-state index in [9.17, 15) is 0 Å². The maximum atomic E-state index is 5.67. The summed E-state index contributed by atoms with van der Waals surface area (Å²) in [5.41, 5.74) is 3.29. The van der Waals surface area contributed by atoms with E-state index < -0.39 is 0 Å². The first-order valence-electron chi connectivity index (χ1n) is 7.16. The summed E-state index contributed by atoms with van der Waals surface area (Å²) in [5.74, 6) is 0.902. The molecule has 0 spiro atoms. The minimum atomic E-state index is 0.703. The van der Waals surface area contributed by atoms with Crippen molar-refractivity contribution >= 4 is 5.69 Å². The molecule has 112 valence electrons. The van der Waals surface area contributed by atoms with Gasteiger partial charge in [0.05, 0.1) is 0 Å². The molecule has 4 heteroatoms. The molecule has 0 amide bonds. The number of hydrogen-bond acceptors (Lipinski definition) is 4. The smallest absolute Gasteiger partial charge is 0.119 e. The standard InChI is InChI=1S/C17H23N3O/c1-14-4-5-15(12-18-14)13-19-16-6-8-17(9-7-16)21-11-10-20(2)3/h4-9,12,19H,10-11,13H2,1-3H3. The van der Waals surface area contributed by atoms with Gasteiger partial charge < -0.3 is 15.0 Å². The number of aromatic nitrogens is 1. The number of nitrogens with one attached hydrogen (secondary N) is 1. The van der Waals surface area contributed by atoms with Crippen LogP contribution < -0.4 is 10.1 Å². The summed E-state index contributed by atoms with van der Waals surface area (Å²) < 4.78 is 5.67. The molecule has 0 fully saturated rings. The first-order valence-corrected chi connectivity index (χ1v) is 7.16. The molecule has 0 saturated carbocycles. The lowest BCUT2D eigenvalue weighted by atomic mass is 10.2. The first kappa shape index (κ1) is 15.3. The molecular formula is C17H23N3O. The quantitative estimate of drug-likeness (QED) is 0.848. The van der Waals surface area contributed by atoms with E-state index in [4.69, 9.17) is 4.74 Å². The van der Waals surface area contributed by atoms with Crippen molar-refractivity contribution in [1.29, 1.82) is 0 Å². The number of aryl methyl sites for hydroxylation is 1. The van der Waals surface area contributed by atoms with Crippen molar-refractivity contribution in [2.24, 2.45) is 0 Å². The Hall–Kier alpha value is -2.07. The number of likely N-dealkylation sites (N-methyl/N-ethyl adjacent to an activating group) is 1. The van der Waals surface area contributed by atoms with Gasteiger partial charge in [-0.05, 0) is 56.9 Å². The van der Waals surface area contributed by atoms with Crippen molar-refractivity contribution in [3.05, 3.63) is 53.9 Å². The van der Waals surface area contributed by atoms with E-state index in [0.717, 1.165) is 30.2 Å². The van der Waals surface area contributed by atoms with Gasteiger partial charge in [0.25, 0.3) is 0 Å². The van der Waals surface area contributed by atoms with Gasteiger partial charge in [0.15, 0.2) is 0 Å². The van der Waals surface area contributed by atoms with E-state index in [-0.39, 0.29) is 0 Å². The van der Waals surface area contributed by atoms with Crippen LogP contribution in [0, 0.1) is 6.92 Å². The Labute approximate surface area is 126 Å². The van der Waals surface area contributed by atoms with Crippen LogP contribution in [0.3, 0.4) is 0 Å². The van der Waals surface area contributed by atoms with Gasteiger partial charge in [-0.1, -0.05) is 6.07 Å². The SMILES string of the molecule is Cc1ccc(CNc2ccc(OCCN(C)C)cc2)cn1. The third-order valence-corrected chi connectivity index (χ3v) is 3.13. The van der Waals surface area contributed by atoms with Crippen molar-refractivity contribution in [1.82, 2.24) is 9.88 Å². The lowest BCUT2D eigenvalue weighted by Gasteiger charge is -2.12. The Kier molecular flexibility index (Phi) is 5.58. The molecule has 4 nitrogen and oxygen atoms in total. The molecule has 0 bridgehead atoms. The van der Waals surface area contributed by atoms with Crippen LogP contribution in [0.5, 0.6) is 5.75 Å². The molecule has 1 N–H and O–H groups in total. The second-order valence-electron chi connectivity index (χ2n) is 5.34. The molecule has 1 aromatic carbocycles. The molecule has 0 aliphatic rings. The van der Waals surface area contributed by atoms with Gasteiger partial charge in [-0.3, -0.25) is 4.98 Å². The normalized spacial score (nSPS) is 10.7. The highest BCUT2D eigenvalue weighted by Gasteiger charge is 1.98. The number of rotatable bonds is 7. The Morgan fingerprint density at radius 3 is 2.48 bits per heavy atom. The highest BCUT2D eigenvalue weighted by atomic mass is 16.5. The molecule has 1 aromatic heterocycles. The van der Waals surface area contributed by atoms with Crippen LogP contribution in [0.25, 0.3) is 0 Å². The average Bonchev–Trinajstić information content (AvgIpc) is 2.48. The number of ether oxygens (including phenoxy) is 1. The maximum Gasteiger partial charge on any atom is 0.119 e. The third-order valence-electron chi connectivity index (χ3n) is 3.13. The average molecular weight is 285 g/mol. The molecule has 2 rings (SSSR count). The molecule has 21 heavy (non-hydrogen) atoms. The Morgan fingerprint density at radius 2 is 1.86 bits per heavy atom. The van der Waals surface area contributed by atoms with Crippen molar-refractivity contribution in [3.8, 4) is 5.75 Å². The fourth-order valence-electron chi connectivity index (χ4n) is 1.82. The summed E-state index contributed by atoms with van der Waals surface area (Å²) in [6.07, 6.45) is 1.90. The highest BCUT2D eigenvalue weighted by Crippen LogP contribution is 2.16. The van der Waals surface area contributed by atoms with Gasteiger partial charge in [0.2, 0.25) is 0 Å². The van der Waals surface area contributed by atoms with E-state index in [1.807, 2.05) is 57.5 Å². The maximum absolute atomic E-state index is 5.67. The molecule has 0 radical (unpaired) electrons. The van der Waals surface area contributed by atoms with Crippen LogP contribution >= 0.6 is 0 Å². The van der Waals surface area contributed by atoms with E-state index >= 15 is 0 Å². The van der Waals surface area contributed by atoms with E-state index in [2.05, 4.69) is 21.3 Å². The largest absolute Gasteiger partial charge is 0.492 e. The van der Waals surface area contributed by atoms with Crippen LogP contribution in [0.1, 0.15) is 11.3 Å². The number of pyridine rings is 1. The molecule has 1 heterocycles. The Balaban J connectivity index is 1.80. The van der Waals surface area contributed by atoms with E-state index in [1.165, 1.54) is 5.56 Å². The van der Waals surface area contributed by atoms with Crippen LogP contribution in [0.15, 0.2) is 42.6 Å². The minimum absolute atomic E-state index is 0.703. The molecule has 0 aliphatic carbocycles. The summed E-state index contributed by atoms with van der Waals surface area (Å²) in [6, 6.07) is 12.2. The van der Waals surface area contributed by atoms with Gasteiger partial charge in [0.1, 0.15) is 12.4 Å². The minimum Gasteiger partial charge on any atom is -0.492 e. The second kappa shape index (κ2) is 7.64. The summed E-state index contributed by atoms with van der Waals surface area (Å²) in [7, 11) is 4.08. The van der Waals surface area contributed by atoms with Crippen molar-refractivity contribution in [2.75, 3.05) is 32.6 Å². The first-order chi connectivity index (χ1) is 10.1. The van der Waals surface area contributed by atoms with Gasteiger partial charge in [-0.15, -0.1) is 0 Å². The molecule has 0 unspecified atom stereocenters. The van der Waals surface area contributed by atoms with Crippen LogP contribution in [0.2, 0.25) is 0 Å². The number of hydrogen-bond donors (Lipinski definition) is 1. The predicted molar refractivity (Wildman–Crippen MR) is 86.8 cm³/mol. The zero-order chi connectivity index (χ0) is 15.1. The monoisotopic (exact) mass is 285 g/mol. The van der Waals surface area contributed by atoms with Crippen molar-refractivity contribution < 1.29 is 4.74 Å². The number of benzene rings is 1. The molecular weight excluding hydrogens is 262 g/mol. The fraction of sp³-hybridized carbons (Fsp3) is 0.353. The van der Waals surface area contributed by atoms with E-state index in [1.54, 1.807) is 0 Å². The molecule has 0 aliphatic heterocycles. The van der Waals surface area contributed by atoms with Crippen molar-refractivity contribution in [3.63, 3.8) is 0 Å². The topological polar surface area (TPSA) is 37.4 Å². The Bertz CT molecular complexity index is 535. The van der Waals surface area contributed by atoms with Crippen LogP contribution in [0.4, 0.5) is 5.69 Å². The zero-order valence-electron chi connectivity index (χ0n) is 13.0. The van der Waals surface area contributed by atoms with E-state index in [0.29, 0.717) is 6.61 Å². The lowest BCUT2D eigenvalue weighted by molar-refractivity contribution is 0.261. The summed E-state index contributed by atoms with van der Waals surface area (Å²) in [6.45, 7) is 4.38. The molecule has 2 aromatic rings. The summed E-state index contributed by atoms with van der Waals surface area (Å²) in [5, 5.41) is 3.38. The molecule has 0 saturated heterocycles. The van der Waals surface area contributed by atoms with Gasteiger partial charge in [-0.25, -0.2) is 0 Å². The van der Waals surface area contributed by atoms with Gasteiger partial charge in [0, 0.05) is 30.7 Å². The third kappa shape index (κ3) is 5.44. The van der Waals surface area contributed by atoms with Crippen LogP contribution in [-0.4, -0.2) is 37.1 Å².